The number of hydrogen-bond donors (Lipinski definition) is 2. The number of ether oxygens (including phenoxy) is 1. The van der Waals surface area contributed by atoms with Crippen LogP contribution in [0, 0.1) is 0 Å². The number of benzene rings is 2. The minimum Gasteiger partial charge on any atom is -0.497 e. The third-order valence-electron chi connectivity index (χ3n) is 4.38. The quantitative estimate of drug-likeness (QED) is 0.660. The van der Waals surface area contributed by atoms with Gasteiger partial charge < -0.3 is 20.1 Å². The van der Waals surface area contributed by atoms with E-state index < -0.39 is 6.04 Å². The summed E-state index contributed by atoms with van der Waals surface area (Å²) in [5.41, 5.74) is 1.64. The summed E-state index contributed by atoms with van der Waals surface area (Å²) in [6.07, 6.45) is 1.05. The van der Waals surface area contributed by atoms with Gasteiger partial charge in [0.1, 0.15) is 11.8 Å². The number of nitrogens with one attached hydrogen (secondary N) is 1. The van der Waals surface area contributed by atoms with Crippen LogP contribution >= 0.6 is 0 Å². The number of rotatable bonds is 10. The van der Waals surface area contributed by atoms with E-state index in [-0.39, 0.29) is 25.0 Å². The molecule has 6 nitrogen and oxygen atoms in total. The average molecular weight is 384 g/mol. The molecule has 2 aromatic carbocycles. The molecule has 2 N–H and O–H groups in total. The maximum Gasteiger partial charge on any atom is 0.247 e. The van der Waals surface area contributed by atoms with Crippen LogP contribution in [-0.2, 0) is 16.1 Å². The van der Waals surface area contributed by atoms with Gasteiger partial charge >= 0.3 is 0 Å². The molecule has 2 aromatic rings. The second kappa shape index (κ2) is 11.1. The Morgan fingerprint density at radius 2 is 1.79 bits per heavy atom. The molecule has 0 heterocycles. The minimum atomic E-state index is -0.770. The third-order valence-corrected chi connectivity index (χ3v) is 4.38. The molecule has 0 aliphatic heterocycles. The Labute approximate surface area is 166 Å². The molecule has 0 fully saturated rings. The van der Waals surface area contributed by atoms with Gasteiger partial charge in [0.05, 0.1) is 13.7 Å². The van der Waals surface area contributed by atoms with Crippen molar-refractivity contribution in [1.29, 1.82) is 0 Å². The zero-order chi connectivity index (χ0) is 20.4. The van der Waals surface area contributed by atoms with Crippen molar-refractivity contribution in [2.24, 2.45) is 0 Å². The van der Waals surface area contributed by atoms with Crippen LogP contribution in [0.15, 0.2) is 54.6 Å². The van der Waals surface area contributed by atoms with Crippen LogP contribution in [0.2, 0.25) is 0 Å². The van der Waals surface area contributed by atoms with Crippen LogP contribution < -0.4 is 10.1 Å². The van der Waals surface area contributed by atoms with Crippen molar-refractivity contribution in [3.63, 3.8) is 0 Å². The molecule has 0 saturated heterocycles. The zero-order valence-corrected chi connectivity index (χ0v) is 16.4. The van der Waals surface area contributed by atoms with Crippen molar-refractivity contribution in [2.45, 2.75) is 32.4 Å². The van der Waals surface area contributed by atoms with E-state index in [1.807, 2.05) is 61.5 Å². The van der Waals surface area contributed by atoms with Crippen molar-refractivity contribution < 1.29 is 19.4 Å². The molecule has 0 saturated carbocycles. The van der Waals surface area contributed by atoms with Crippen molar-refractivity contribution in [1.82, 2.24) is 10.2 Å². The topological polar surface area (TPSA) is 78.9 Å². The SMILES string of the molecule is CCCC(=O)N(Cc1ccc(OC)cc1)[C@H](C(=O)NCCO)c1ccccc1. The summed E-state index contributed by atoms with van der Waals surface area (Å²) in [6.45, 7) is 2.22. The molecule has 0 aliphatic rings. The molecule has 1 atom stereocenters. The van der Waals surface area contributed by atoms with Gasteiger partial charge in [-0.05, 0) is 29.7 Å². The first kappa shape index (κ1) is 21.4. The zero-order valence-electron chi connectivity index (χ0n) is 16.4. The van der Waals surface area contributed by atoms with Crippen molar-refractivity contribution >= 4 is 11.8 Å². The predicted molar refractivity (Wildman–Crippen MR) is 108 cm³/mol. The van der Waals surface area contributed by atoms with Gasteiger partial charge in [0.2, 0.25) is 11.8 Å². The molecule has 28 heavy (non-hydrogen) atoms. The number of aliphatic hydroxyl groups excluding tert-OH is 1. The normalized spacial score (nSPS) is 11.5. The van der Waals surface area contributed by atoms with Gasteiger partial charge in [0.15, 0.2) is 0 Å². The third kappa shape index (κ3) is 5.82. The van der Waals surface area contributed by atoms with Crippen LogP contribution in [0.4, 0.5) is 0 Å². The highest BCUT2D eigenvalue weighted by Crippen LogP contribution is 2.25. The molecule has 0 aliphatic carbocycles. The lowest BCUT2D eigenvalue weighted by atomic mass is 10.0. The smallest absolute Gasteiger partial charge is 0.247 e. The summed E-state index contributed by atoms with van der Waals surface area (Å²) in [4.78, 5) is 27.4. The van der Waals surface area contributed by atoms with E-state index >= 15 is 0 Å². The summed E-state index contributed by atoms with van der Waals surface area (Å²) in [6, 6.07) is 15.9. The van der Waals surface area contributed by atoms with E-state index in [2.05, 4.69) is 5.32 Å². The van der Waals surface area contributed by atoms with Gasteiger partial charge in [-0.25, -0.2) is 0 Å². The molecular formula is C22H28N2O4. The lowest BCUT2D eigenvalue weighted by molar-refractivity contribution is -0.141. The van der Waals surface area contributed by atoms with Gasteiger partial charge in [-0.3, -0.25) is 9.59 Å². The Morgan fingerprint density at radius 1 is 1.11 bits per heavy atom. The van der Waals surface area contributed by atoms with E-state index in [1.54, 1.807) is 12.0 Å². The minimum absolute atomic E-state index is 0.0914. The Balaban J connectivity index is 2.38. The molecule has 0 spiro atoms. The van der Waals surface area contributed by atoms with E-state index in [0.717, 1.165) is 16.9 Å². The Kier molecular flexibility index (Phi) is 8.49. The molecule has 0 unspecified atom stereocenters. The van der Waals surface area contributed by atoms with Gasteiger partial charge in [0, 0.05) is 19.5 Å². The molecule has 0 aromatic heterocycles. The van der Waals surface area contributed by atoms with Crippen molar-refractivity contribution in [3.8, 4) is 5.75 Å². The van der Waals surface area contributed by atoms with Gasteiger partial charge in [-0.15, -0.1) is 0 Å². The van der Waals surface area contributed by atoms with Crippen molar-refractivity contribution in [2.75, 3.05) is 20.3 Å². The van der Waals surface area contributed by atoms with E-state index in [0.29, 0.717) is 19.4 Å². The van der Waals surface area contributed by atoms with Crippen LogP contribution in [0.3, 0.4) is 0 Å². The van der Waals surface area contributed by atoms with E-state index in [1.165, 1.54) is 0 Å². The van der Waals surface area contributed by atoms with Crippen LogP contribution in [0.5, 0.6) is 5.75 Å². The van der Waals surface area contributed by atoms with E-state index in [9.17, 15) is 9.59 Å². The first-order chi connectivity index (χ1) is 13.6. The maximum absolute atomic E-state index is 12.9. The molecule has 150 valence electrons. The number of amides is 2. The number of aliphatic hydroxyl groups is 1. The van der Waals surface area contributed by atoms with Crippen LogP contribution in [0.25, 0.3) is 0 Å². The van der Waals surface area contributed by atoms with Gasteiger partial charge in [-0.2, -0.15) is 0 Å². The maximum atomic E-state index is 12.9. The van der Waals surface area contributed by atoms with E-state index in [4.69, 9.17) is 9.84 Å². The molecule has 2 amide bonds. The monoisotopic (exact) mass is 384 g/mol. The molecule has 6 heteroatoms. The molecule has 0 radical (unpaired) electrons. The fourth-order valence-electron chi connectivity index (χ4n) is 2.99. The summed E-state index contributed by atoms with van der Waals surface area (Å²) >= 11 is 0. The highest BCUT2D eigenvalue weighted by molar-refractivity contribution is 5.88. The summed E-state index contributed by atoms with van der Waals surface area (Å²) in [7, 11) is 1.60. The fourth-order valence-corrected chi connectivity index (χ4v) is 2.99. The first-order valence-corrected chi connectivity index (χ1v) is 9.46. The molecule has 2 rings (SSSR count). The number of methoxy groups -OCH3 is 1. The second-order valence-electron chi connectivity index (χ2n) is 6.45. The summed E-state index contributed by atoms with van der Waals surface area (Å²) in [5.74, 6) is 0.333. The number of hydrogen-bond acceptors (Lipinski definition) is 4. The lowest BCUT2D eigenvalue weighted by Gasteiger charge is -2.31. The second-order valence-corrected chi connectivity index (χ2v) is 6.45. The predicted octanol–water partition coefficient (Wildman–Crippen LogP) is 2.67. The van der Waals surface area contributed by atoms with Crippen molar-refractivity contribution in [3.05, 3.63) is 65.7 Å². The average Bonchev–Trinajstić information content (AvgIpc) is 2.73. The molecule has 0 bridgehead atoms. The first-order valence-electron chi connectivity index (χ1n) is 9.46. The summed E-state index contributed by atoms with van der Waals surface area (Å²) < 4.78 is 5.19. The number of carbonyl (C=O) groups is 2. The Hall–Kier alpha value is -2.86. The Morgan fingerprint density at radius 3 is 2.36 bits per heavy atom. The fraction of sp³-hybridized carbons (Fsp3) is 0.364. The van der Waals surface area contributed by atoms with Gasteiger partial charge in [0.25, 0.3) is 0 Å². The van der Waals surface area contributed by atoms with Crippen LogP contribution in [-0.4, -0.2) is 42.1 Å². The lowest BCUT2D eigenvalue weighted by Crippen LogP contribution is -2.44. The highest BCUT2D eigenvalue weighted by atomic mass is 16.5. The summed E-state index contributed by atoms with van der Waals surface area (Å²) in [5, 5.41) is 11.8. The largest absolute Gasteiger partial charge is 0.497 e. The highest BCUT2D eigenvalue weighted by Gasteiger charge is 2.30. The molecular weight excluding hydrogens is 356 g/mol. The standard InChI is InChI=1S/C22H28N2O4/c1-3-7-20(26)24(16-17-10-12-19(28-2)13-11-17)21(22(27)23-14-15-25)18-8-5-4-6-9-18/h4-6,8-13,21,25H,3,7,14-16H2,1-2H3,(H,23,27)/t21-/m0/s1. The van der Waals surface area contributed by atoms with Gasteiger partial charge in [-0.1, -0.05) is 49.4 Å². The number of nitrogens with zero attached hydrogens (tertiary/aromatic N) is 1. The number of carbonyl (C=O) groups excluding carboxylic acids is 2. The van der Waals surface area contributed by atoms with Crippen LogP contribution in [0.1, 0.15) is 36.9 Å². The Bertz CT molecular complexity index is 747.